The molecule has 1 fully saturated rings. The number of hydrogen-bond acceptors (Lipinski definition) is 1. The molecule has 1 saturated carbocycles. The molecule has 1 amide bonds. The molecule has 0 aromatic heterocycles. The average Bonchev–Trinajstić information content (AvgIpc) is 2.62. The molecule has 0 aliphatic heterocycles. The average molecular weight is 377 g/mol. The molecular weight excluding hydrogens is 349 g/mol. The van der Waals surface area contributed by atoms with Crippen LogP contribution in [0.3, 0.4) is 0 Å². The molecule has 0 spiro atoms. The fourth-order valence-corrected chi connectivity index (χ4v) is 3.93. The van der Waals surface area contributed by atoms with E-state index in [1.54, 1.807) is 12.1 Å². The summed E-state index contributed by atoms with van der Waals surface area (Å²) in [4.78, 5) is 11.8. The zero-order chi connectivity index (χ0) is 19.9. The highest BCUT2D eigenvalue weighted by molar-refractivity contribution is 6.55. The number of rotatable bonds is 4. The van der Waals surface area contributed by atoms with Gasteiger partial charge < -0.3 is 5.32 Å². The summed E-state index contributed by atoms with van der Waals surface area (Å²) < 4.78 is 38.2. The maximum Gasteiger partial charge on any atom is 0.416 e. The zero-order valence-electron chi connectivity index (χ0n) is 16.1. The summed E-state index contributed by atoms with van der Waals surface area (Å²) in [6.45, 7) is 3.54. The molecule has 0 heterocycles. The molecule has 1 N–H and O–H groups in total. The minimum atomic E-state index is -4.29. The van der Waals surface area contributed by atoms with Gasteiger partial charge in [0, 0.05) is 5.44 Å². The second kappa shape index (κ2) is 9.52. The highest BCUT2D eigenvalue weighted by atomic mass is 19.4. The van der Waals surface area contributed by atoms with Crippen LogP contribution in [0.25, 0.3) is 0 Å². The molecular formula is C20H28B2F3NO. The van der Waals surface area contributed by atoms with Gasteiger partial charge in [-0.25, -0.2) is 0 Å². The van der Waals surface area contributed by atoms with Crippen LogP contribution in [0.5, 0.6) is 0 Å². The van der Waals surface area contributed by atoms with Crippen molar-refractivity contribution in [2.24, 2.45) is 0 Å². The smallest absolute Gasteiger partial charge is 0.355 e. The first-order chi connectivity index (χ1) is 12.7. The number of carbonyl (C=O) groups is 1. The molecule has 0 radical (unpaired) electrons. The molecule has 2 rings (SSSR count). The van der Waals surface area contributed by atoms with Crippen LogP contribution in [0.2, 0.25) is 5.82 Å². The third-order valence-corrected chi connectivity index (χ3v) is 5.61. The molecule has 1 aromatic carbocycles. The lowest BCUT2D eigenvalue weighted by atomic mass is 9.54. The van der Waals surface area contributed by atoms with Crippen LogP contribution in [-0.4, -0.2) is 26.5 Å². The molecule has 1 aliphatic carbocycles. The Hall–Kier alpha value is -1.65. The zero-order valence-corrected chi connectivity index (χ0v) is 16.1. The standard InChI is InChI=1S/C20H28B2F3NO/c1-2-18(27)26-19(21)13-6-4-3-5-7-16(12-14-19)22-17-10-8-15(9-11-17)20(23,24)25/h2,8-11,16,22H,1,3-7,12-14,21H2,(H,26,27). The van der Waals surface area contributed by atoms with E-state index >= 15 is 0 Å². The predicted octanol–water partition coefficient (Wildman–Crippen LogP) is 3.32. The lowest BCUT2D eigenvalue weighted by Gasteiger charge is -2.33. The van der Waals surface area contributed by atoms with Crippen molar-refractivity contribution in [3.05, 3.63) is 42.5 Å². The fourth-order valence-electron chi connectivity index (χ4n) is 3.93. The maximum absolute atomic E-state index is 12.7. The van der Waals surface area contributed by atoms with Gasteiger partial charge in [0.15, 0.2) is 7.28 Å². The Bertz CT molecular complexity index is 633. The Morgan fingerprint density at radius 2 is 1.81 bits per heavy atom. The molecule has 2 nitrogen and oxygen atoms in total. The van der Waals surface area contributed by atoms with Crippen molar-refractivity contribution in [3.8, 4) is 0 Å². The topological polar surface area (TPSA) is 29.1 Å². The summed E-state index contributed by atoms with van der Waals surface area (Å²) >= 11 is 0. The third kappa shape index (κ3) is 7.11. The number of nitrogens with one attached hydrogen (secondary N) is 1. The van der Waals surface area contributed by atoms with Crippen molar-refractivity contribution < 1.29 is 18.0 Å². The number of benzene rings is 1. The lowest BCUT2D eigenvalue weighted by molar-refractivity contribution is -0.137. The van der Waals surface area contributed by atoms with Gasteiger partial charge in [0.05, 0.1) is 5.56 Å². The van der Waals surface area contributed by atoms with Gasteiger partial charge >= 0.3 is 6.18 Å². The molecule has 146 valence electrons. The number of hydrogen-bond donors (Lipinski definition) is 1. The molecule has 2 atom stereocenters. The lowest BCUT2D eigenvalue weighted by Crippen LogP contribution is -2.49. The van der Waals surface area contributed by atoms with E-state index in [1.165, 1.54) is 18.2 Å². The number of alkyl halides is 3. The molecule has 1 aromatic rings. The summed E-state index contributed by atoms with van der Waals surface area (Å²) in [5.74, 6) is 0.272. The Morgan fingerprint density at radius 1 is 1.15 bits per heavy atom. The Kier molecular flexibility index (Phi) is 7.63. The van der Waals surface area contributed by atoms with Crippen molar-refractivity contribution in [2.75, 3.05) is 0 Å². The van der Waals surface area contributed by atoms with Gasteiger partial charge in [0.1, 0.15) is 7.85 Å². The highest BCUT2D eigenvalue weighted by Crippen LogP contribution is 2.30. The minimum Gasteiger partial charge on any atom is -0.355 e. The minimum absolute atomic E-state index is 0.145. The molecule has 0 saturated heterocycles. The van der Waals surface area contributed by atoms with Gasteiger partial charge in [0.2, 0.25) is 5.91 Å². The van der Waals surface area contributed by atoms with Gasteiger partial charge in [-0.15, -0.1) is 0 Å². The summed E-state index contributed by atoms with van der Waals surface area (Å²) in [6.07, 6.45) is 5.42. The first kappa shape index (κ1) is 21.6. The van der Waals surface area contributed by atoms with Gasteiger partial charge in [0.25, 0.3) is 0 Å². The fraction of sp³-hybridized carbons (Fsp3) is 0.550. The van der Waals surface area contributed by atoms with Crippen molar-refractivity contribution in [2.45, 2.75) is 68.8 Å². The Balaban J connectivity index is 2.03. The van der Waals surface area contributed by atoms with Crippen LogP contribution in [0.15, 0.2) is 36.9 Å². The van der Waals surface area contributed by atoms with Crippen LogP contribution in [0.1, 0.15) is 56.9 Å². The van der Waals surface area contributed by atoms with Crippen LogP contribution >= 0.6 is 0 Å². The highest BCUT2D eigenvalue weighted by Gasteiger charge is 2.30. The molecule has 7 heteroatoms. The SMILES string of the molecule is BC1(NC(=O)C=C)CCCCCCC(Bc2ccc(C(F)(F)F)cc2)CC1. The predicted molar refractivity (Wildman–Crippen MR) is 109 cm³/mol. The summed E-state index contributed by atoms with van der Waals surface area (Å²) in [5.41, 5.74) is 0.0971. The first-order valence-electron chi connectivity index (χ1n) is 9.82. The van der Waals surface area contributed by atoms with E-state index in [0.717, 1.165) is 64.1 Å². The maximum atomic E-state index is 12.7. The Morgan fingerprint density at radius 3 is 2.44 bits per heavy atom. The summed E-state index contributed by atoms with van der Waals surface area (Å²) in [5, 5.41) is 3.09. The van der Waals surface area contributed by atoms with Crippen LogP contribution in [0.4, 0.5) is 13.2 Å². The number of carbonyl (C=O) groups excluding carboxylic acids is 1. The Labute approximate surface area is 161 Å². The van der Waals surface area contributed by atoms with Gasteiger partial charge in [-0.2, -0.15) is 13.2 Å². The van der Waals surface area contributed by atoms with Crippen molar-refractivity contribution in [1.29, 1.82) is 0 Å². The monoisotopic (exact) mass is 377 g/mol. The van der Waals surface area contributed by atoms with Crippen molar-refractivity contribution in [3.63, 3.8) is 0 Å². The van der Waals surface area contributed by atoms with E-state index in [2.05, 4.69) is 19.7 Å². The van der Waals surface area contributed by atoms with Crippen LogP contribution in [-0.2, 0) is 11.0 Å². The van der Waals surface area contributed by atoms with E-state index in [-0.39, 0.29) is 11.3 Å². The number of amides is 1. The van der Waals surface area contributed by atoms with E-state index < -0.39 is 11.7 Å². The summed E-state index contributed by atoms with van der Waals surface area (Å²) in [6, 6.07) is 5.54. The number of halogens is 3. The molecule has 27 heavy (non-hydrogen) atoms. The second-order valence-corrected chi connectivity index (χ2v) is 8.01. The van der Waals surface area contributed by atoms with Gasteiger partial charge in [-0.1, -0.05) is 80.6 Å². The normalized spacial score (nSPS) is 24.6. The van der Waals surface area contributed by atoms with Crippen LogP contribution in [0, 0.1) is 0 Å². The largest absolute Gasteiger partial charge is 0.416 e. The van der Waals surface area contributed by atoms with E-state index in [0.29, 0.717) is 5.82 Å². The third-order valence-electron chi connectivity index (χ3n) is 5.61. The second-order valence-electron chi connectivity index (χ2n) is 8.01. The van der Waals surface area contributed by atoms with E-state index in [1.807, 2.05) is 0 Å². The summed E-state index contributed by atoms with van der Waals surface area (Å²) in [7, 11) is 2.87. The van der Waals surface area contributed by atoms with E-state index in [9.17, 15) is 18.0 Å². The van der Waals surface area contributed by atoms with Crippen molar-refractivity contribution in [1.82, 2.24) is 5.32 Å². The van der Waals surface area contributed by atoms with Gasteiger partial charge in [-0.05, 0) is 18.9 Å². The first-order valence-corrected chi connectivity index (χ1v) is 9.82. The quantitative estimate of drug-likeness (QED) is 0.633. The van der Waals surface area contributed by atoms with Gasteiger partial charge in [-0.3, -0.25) is 4.79 Å². The van der Waals surface area contributed by atoms with Crippen molar-refractivity contribution >= 4 is 26.5 Å². The molecule has 1 aliphatic rings. The molecule has 0 bridgehead atoms. The molecule has 2 unspecified atom stereocenters. The van der Waals surface area contributed by atoms with Crippen LogP contribution < -0.4 is 10.8 Å². The van der Waals surface area contributed by atoms with E-state index in [4.69, 9.17) is 0 Å².